The van der Waals surface area contributed by atoms with E-state index in [-0.39, 0.29) is 5.82 Å². The molecule has 3 aromatic rings. The first-order chi connectivity index (χ1) is 12.7. The van der Waals surface area contributed by atoms with Crippen LogP contribution in [0.3, 0.4) is 0 Å². The van der Waals surface area contributed by atoms with Crippen molar-refractivity contribution >= 4 is 22.4 Å². The summed E-state index contributed by atoms with van der Waals surface area (Å²) < 4.78 is 21.3. The van der Waals surface area contributed by atoms with Gasteiger partial charge in [-0.25, -0.2) is 24.3 Å². The normalized spacial score (nSPS) is 21.6. The predicted molar refractivity (Wildman–Crippen MR) is 101 cm³/mol. The Morgan fingerprint density at radius 1 is 1.07 bits per heavy atom. The Labute approximate surface area is 156 Å². The highest BCUT2D eigenvalue weighted by Crippen LogP contribution is 2.42. The predicted octanol–water partition coefficient (Wildman–Crippen LogP) is 3.49. The Morgan fingerprint density at radius 2 is 1.85 bits per heavy atom. The van der Waals surface area contributed by atoms with E-state index >= 15 is 4.39 Å². The van der Waals surface area contributed by atoms with E-state index in [2.05, 4.69) is 25.3 Å². The van der Waals surface area contributed by atoms with Crippen LogP contribution in [0, 0.1) is 0 Å². The molecule has 140 valence electrons. The van der Waals surface area contributed by atoms with Gasteiger partial charge in [0.25, 0.3) is 0 Å². The molecule has 0 amide bonds. The Kier molecular flexibility index (Phi) is 3.78. The van der Waals surface area contributed by atoms with Crippen molar-refractivity contribution in [2.75, 3.05) is 19.5 Å². The summed E-state index contributed by atoms with van der Waals surface area (Å²) in [4.78, 5) is 19.0. The number of aromatic nitrogens is 4. The summed E-state index contributed by atoms with van der Waals surface area (Å²) in [5.41, 5.74) is 0.133. The maximum Gasteiger partial charge on any atom is 0.222 e. The van der Waals surface area contributed by atoms with Gasteiger partial charge in [-0.15, -0.1) is 0 Å². The van der Waals surface area contributed by atoms with Crippen LogP contribution in [0.15, 0.2) is 30.7 Å². The minimum Gasteiger partial charge on any atom is -0.481 e. The number of nitrogens with one attached hydrogen (secondary N) is 1. The summed E-state index contributed by atoms with van der Waals surface area (Å²) in [5.74, 6) is -0.271. The topological polar surface area (TPSA) is 76.1 Å². The zero-order valence-corrected chi connectivity index (χ0v) is 15.9. The van der Waals surface area contributed by atoms with E-state index in [0.29, 0.717) is 17.5 Å². The molecule has 1 atom stereocenters. The number of rotatable bonds is 1. The SMILES string of the molecule is COc1ncc2c3cc(ncc13)Nc1ccnc(n1)C(C)(F)N(C)C2(C)C. The number of hydrogen-bond acceptors (Lipinski definition) is 7. The van der Waals surface area contributed by atoms with E-state index < -0.39 is 11.3 Å². The minimum atomic E-state index is -1.90. The second kappa shape index (κ2) is 5.82. The van der Waals surface area contributed by atoms with Gasteiger partial charge >= 0.3 is 0 Å². The van der Waals surface area contributed by atoms with Gasteiger partial charge in [0.15, 0.2) is 5.82 Å². The summed E-state index contributed by atoms with van der Waals surface area (Å²) in [6, 6.07) is 3.59. The van der Waals surface area contributed by atoms with Crippen LogP contribution < -0.4 is 10.1 Å². The lowest BCUT2D eigenvalue weighted by Crippen LogP contribution is -2.49. The Hall–Kier alpha value is -2.87. The molecule has 4 bridgehead atoms. The van der Waals surface area contributed by atoms with Crippen molar-refractivity contribution in [3.8, 4) is 5.88 Å². The van der Waals surface area contributed by atoms with Crippen molar-refractivity contribution in [2.24, 2.45) is 0 Å². The Bertz CT molecular complexity index is 1040. The molecule has 0 aliphatic carbocycles. The van der Waals surface area contributed by atoms with E-state index in [4.69, 9.17) is 4.74 Å². The monoisotopic (exact) mass is 368 g/mol. The van der Waals surface area contributed by atoms with Gasteiger partial charge in [0.2, 0.25) is 11.7 Å². The van der Waals surface area contributed by atoms with E-state index in [1.54, 1.807) is 37.5 Å². The van der Waals surface area contributed by atoms with Crippen LogP contribution in [0.2, 0.25) is 0 Å². The zero-order chi connectivity index (χ0) is 19.4. The molecule has 4 rings (SSSR count). The van der Waals surface area contributed by atoms with Crippen molar-refractivity contribution in [3.05, 3.63) is 42.1 Å². The first kappa shape index (κ1) is 17.5. The summed E-state index contributed by atoms with van der Waals surface area (Å²) >= 11 is 0. The fraction of sp³-hybridized carbons (Fsp3) is 0.368. The van der Waals surface area contributed by atoms with Gasteiger partial charge in [-0.2, -0.15) is 0 Å². The van der Waals surface area contributed by atoms with Crippen LogP contribution in [0.1, 0.15) is 32.2 Å². The zero-order valence-electron chi connectivity index (χ0n) is 15.9. The van der Waals surface area contributed by atoms with Gasteiger partial charge < -0.3 is 10.1 Å². The van der Waals surface area contributed by atoms with Gasteiger partial charge in [0.05, 0.1) is 12.5 Å². The maximum atomic E-state index is 15.9. The number of ether oxygens (including phenoxy) is 1. The van der Waals surface area contributed by atoms with Gasteiger partial charge in [-0.1, -0.05) is 0 Å². The molecule has 1 unspecified atom stereocenters. The highest BCUT2D eigenvalue weighted by Gasteiger charge is 2.44. The molecule has 1 N–H and O–H groups in total. The molecule has 27 heavy (non-hydrogen) atoms. The molecule has 7 nitrogen and oxygen atoms in total. The minimum absolute atomic E-state index is 0.0794. The molecule has 4 heterocycles. The van der Waals surface area contributed by atoms with Gasteiger partial charge in [-0.3, -0.25) is 4.90 Å². The smallest absolute Gasteiger partial charge is 0.222 e. The molecule has 1 aliphatic heterocycles. The standard InChI is InChI=1S/C19H21FN6O/c1-18(2)13-10-23-16(27-5)12-9-22-15(8-11(12)13)24-14-6-7-21-17(25-14)19(3,20)26(18)4/h6-10H,1-5H3,(H,21,22,24,25). The molecule has 0 radical (unpaired) electrons. The lowest BCUT2D eigenvalue weighted by atomic mass is 9.88. The Balaban J connectivity index is 2.07. The second-order valence-electron chi connectivity index (χ2n) is 7.26. The van der Waals surface area contributed by atoms with Gasteiger partial charge in [0.1, 0.15) is 11.6 Å². The number of pyridine rings is 2. The summed E-state index contributed by atoms with van der Waals surface area (Å²) in [7, 11) is 3.29. The molecule has 3 aromatic heterocycles. The van der Waals surface area contributed by atoms with Gasteiger partial charge in [0, 0.05) is 24.1 Å². The van der Waals surface area contributed by atoms with Crippen molar-refractivity contribution in [2.45, 2.75) is 32.1 Å². The second-order valence-corrected chi connectivity index (χ2v) is 7.26. The average Bonchev–Trinajstić information content (AvgIpc) is 2.66. The largest absolute Gasteiger partial charge is 0.481 e. The highest BCUT2D eigenvalue weighted by atomic mass is 19.1. The van der Waals surface area contributed by atoms with Crippen molar-refractivity contribution in [1.82, 2.24) is 24.8 Å². The number of hydrogen-bond donors (Lipinski definition) is 1. The third-order valence-electron chi connectivity index (χ3n) is 5.38. The summed E-state index contributed by atoms with van der Waals surface area (Å²) in [6.45, 7) is 5.36. The van der Waals surface area contributed by atoms with Crippen LogP contribution in [-0.2, 0) is 11.3 Å². The van der Waals surface area contributed by atoms with E-state index in [1.165, 1.54) is 13.1 Å². The number of anilines is 2. The van der Waals surface area contributed by atoms with Gasteiger partial charge in [-0.05, 0) is 50.9 Å². The summed E-state index contributed by atoms with van der Waals surface area (Å²) in [5, 5.41) is 4.78. The maximum absolute atomic E-state index is 15.9. The Morgan fingerprint density at radius 3 is 2.59 bits per heavy atom. The number of methoxy groups -OCH3 is 1. The first-order valence-electron chi connectivity index (χ1n) is 8.62. The number of alkyl halides is 1. The molecule has 8 heteroatoms. The van der Waals surface area contributed by atoms with Crippen LogP contribution in [-0.4, -0.2) is 39.0 Å². The average molecular weight is 368 g/mol. The molecule has 1 aliphatic rings. The van der Waals surface area contributed by atoms with Crippen molar-refractivity contribution in [3.63, 3.8) is 0 Å². The van der Waals surface area contributed by atoms with Crippen LogP contribution in [0.25, 0.3) is 10.8 Å². The number of halogens is 1. The van der Waals surface area contributed by atoms with Crippen molar-refractivity contribution in [1.29, 1.82) is 0 Å². The summed E-state index contributed by atoms with van der Waals surface area (Å²) in [6.07, 6.45) is 4.97. The van der Waals surface area contributed by atoms with Crippen LogP contribution >= 0.6 is 0 Å². The third kappa shape index (κ3) is 2.59. The molecule has 0 fully saturated rings. The molecule has 0 saturated carbocycles. The number of nitrogens with zero attached hydrogens (tertiary/aromatic N) is 5. The van der Waals surface area contributed by atoms with E-state index in [9.17, 15) is 0 Å². The molecule has 0 saturated heterocycles. The first-order valence-corrected chi connectivity index (χ1v) is 8.62. The molecular weight excluding hydrogens is 347 g/mol. The quantitative estimate of drug-likeness (QED) is 0.659. The number of fused-ring (bicyclic) bond motifs is 3. The fourth-order valence-electron chi connectivity index (χ4n) is 3.46. The van der Waals surface area contributed by atoms with Crippen LogP contribution in [0.5, 0.6) is 5.88 Å². The van der Waals surface area contributed by atoms with E-state index in [1.807, 2.05) is 19.9 Å². The lowest BCUT2D eigenvalue weighted by molar-refractivity contribution is -0.0757. The fourth-order valence-corrected chi connectivity index (χ4v) is 3.46. The van der Waals surface area contributed by atoms with E-state index in [0.717, 1.165) is 16.3 Å². The third-order valence-corrected chi connectivity index (χ3v) is 5.38. The molecule has 0 aromatic carbocycles. The molecular formula is C19H21FN6O. The highest BCUT2D eigenvalue weighted by molar-refractivity contribution is 5.91. The van der Waals surface area contributed by atoms with Crippen LogP contribution in [0.4, 0.5) is 16.0 Å². The lowest BCUT2D eigenvalue weighted by Gasteiger charge is -2.43. The van der Waals surface area contributed by atoms with Crippen molar-refractivity contribution < 1.29 is 9.13 Å². The molecule has 0 spiro atoms.